The van der Waals surface area contributed by atoms with Gasteiger partial charge in [-0.05, 0) is 52.4 Å². The molecule has 0 aromatic heterocycles. The molecule has 3 aliphatic rings. The van der Waals surface area contributed by atoms with Crippen LogP contribution >= 0.6 is 15.9 Å². The molecule has 1 saturated carbocycles. The number of ether oxygens (including phenoxy) is 3. The minimum Gasteiger partial charge on any atom is -0.486 e. The average molecular weight is 397 g/mol. The molecule has 2 N–H and O–H groups in total. The van der Waals surface area contributed by atoms with Crippen LogP contribution in [0.5, 0.6) is 11.5 Å². The Morgan fingerprint density at radius 2 is 2.08 bits per heavy atom. The van der Waals surface area contributed by atoms with Crippen LogP contribution in [0.15, 0.2) is 16.6 Å². The van der Waals surface area contributed by atoms with Crippen LogP contribution in [0, 0.1) is 5.92 Å². The summed E-state index contributed by atoms with van der Waals surface area (Å²) in [6.07, 6.45) is 3.82. The highest BCUT2D eigenvalue weighted by atomic mass is 79.9. The molecular formula is C18H25BrN2O3. The summed E-state index contributed by atoms with van der Waals surface area (Å²) in [5.74, 6) is 2.33. The molecule has 1 aromatic carbocycles. The minimum absolute atomic E-state index is 0.491. The summed E-state index contributed by atoms with van der Waals surface area (Å²) < 4.78 is 18.0. The molecule has 0 radical (unpaired) electrons. The Balaban J connectivity index is 1.40. The van der Waals surface area contributed by atoms with Crippen LogP contribution in [0.3, 0.4) is 0 Å². The largest absolute Gasteiger partial charge is 0.486 e. The molecule has 24 heavy (non-hydrogen) atoms. The van der Waals surface area contributed by atoms with Crippen LogP contribution in [-0.2, 0) is 11.3 Å². The Morgan fingerprint density at radius 1 is 1.17 bits per heavy atom. The normalized spacial score (nSPS) is 29.6. The van der Waals surface area contributed by atoms with Crippen molar-refractivity contribution < 1.29 is 14.2 Å². The van der Waals surface area contributed by atoms with E-state index in [1.807, 2.05) is 0 Å². The fourth-order valence-corrected chi connectivity index (χ4v) is 4.70. The Bertz CT molecular complexity index is 578. The number of rotatable bonds is 4. The van der Waals surface area contributed by atoms with Gasteiger partial charge in [0.15, 0.2) is 11.5 Å². The Morgan fingerprint density at radius 3 is 2.96 bits per heavy atom. The Hall–Kier alpha value is -0.820. The number of fused-ring (bicyclic) bond motifs is 1. The summed E-state index contributed by atoms with van der Waals surface area (Å²) in [5.41, 5.74) is 1.23. The monoisotopic (exact) mass is 396 g/mol. The number of benzene rings is 1. The highest BCUT2D eigenvalue weighted by Crippen LogP contribution is 2.38. The first-order valence-corrected chi connectivity index (χ1v) is 9.73. The third-order valence-electron chi connectivity index (χ3n) is 5.26. The molecule has 0 spiro atoms. The van der Waals surface area contributed by atoms with E-state index in [4.69, 9.17) is 14.2 Å². The van der Waals surface area contributed by atoms with Gasteiger partial charge in [-0.1, -0.05) is 6.42 Å². The molecule has 132 valence electrons. The molecule has 1 aromatic rings. The second-order valence-electron chi connectivity index (χ2n) is 6.82. The van der Waals surface area contributed by atoms with E-state index in [-0.39, 0.29) is 0 Å². The molecule has 1 aliphatic carbocycles. The highest BCUT2D eigenvalue weighted by Gasteiger charge is 2.34. The summed E-state index contributed by atoms with van der Waals surface area (Å²) in [5, 5.41) is 7.40. The molecule has 0 amide bonds. The molecule has 0 bridgehead atoms. The zero-order valence-electron chi connectivity index (χ0n) is 13.9. The molecule has 1 saturated heterocycles. The van der Waals surface area contributed by atoms with Gasteiger partial charge in [0.1, 0.15) is 13.2 Å². The molecule has 4 rings (SSSR count). The van der Waals surface area contributed by atoms with Crippen LogP contribution in [0.25, 0.3) is 0 Å². The van der Waals surface area contributed by atoms with E-state index in [2.05, 4.69) is 38.7 Å². The lowest BCUT2D eigenvalue weighted by Gasteiger charge is -2.33. The SMILES string of the molecule is Brc1cc(CNC2CCCC2C2COCCN2)cc2c1OCCO2. The topological polar surface area (TPSA) is 51.8 Å². The summed E-state index contributed by atoms with van der Waals surface area (Å²) in [6.45, 7) is 4.75. The predicted octanol–water partition coefficient (Wildman–Crippen LogP) is 2.47. The fourth-order valence-electron chi connectivity index (χ4n) is 4.10. The van der Waals surface area contributed by atoms with E-state index in [1.54, 1.807) is 0 Å². The van der Waals surface area contributed by atoms with E-state index >= 15 is 0 Å². The van der Waals surface area contributed by atoms with Gasteiger partial charge in [0.05, 0.1) is 17.7 Å². The van der Waals surface area contributed by atoms with Gasteiger partial charge in [-0.15, -0.1) is 0 Å². The molecule has 2 aliphatic heterocycles. The number of nitrogens with one attached hydrogen (secondary N) is 2. The van der Waals surface area contributed by atoms with Gasteiger partial charge in [0.2, 0.25) is 0 Å². The number of halogens is 1. The molecule has 3 atom stereocenters. The van der Waals surface area contributed by atoms with Gasteiger partial charge in [-0.2, -0.15) is 0 Å². The maximum absolute atomic E-state index is 5.72. The average Bonchev–Trinajstić information content (AvgIpc) is 3.09. The lowest BCUT2D eigenvalue weighted by Crippen LogP contribution is -2.50. The van der Waals surface area contributed by atoms with Gasteiger partial charge in [-0.3, -0.25) is 0 Å². The van der Waals surface area contributed by atoms with Crippen molar-refractivity contribution >= 4 is 15.9 Å². The van der Waals surface area contributed by atoms with Crippen molar-refractivity contribution in [2.75, 3.05) is 33.0 Å². The predicted molar refractivity (Wildman–Crippen MR) is 95.7 cm³/mol. The van der Waals surface area contributed by atoms with E-state index in [1.165, 1.54) is 24.8 Å². The molecule has 2 fully saturated rings. The third-order valence-corrected chi connectivity index (χ3v) is 5.85. The van der Waals surface area contributed by atoms with E-state index in [0.29, 0.717) is 31.2 Å². The standard InChI is InChI=1S/C18H25BrN2O3/c19-14-8-12(9-17-18(14)24-7-6-23-17)10-21-15-3-1-2-13(15)16-11-22-5-4-20-16/h8-9,13,15-16,20-21H,1-7,10-11H2. The van der Waals surface area contributed by atoms with Crippen molar-refractivity contribution in [1.82, 2.24) is 10.6 Å². The smallest absolute Gasteiger partial charge is 0.175 e. The van der Waals surface area contributed by atoms with Crippen LogP contribution in [-0.4, -0.2) is 45.1 Å². The third kappa shape index (κ3) is 3.57. The highest BCUT2D eigenvalue weighted by molar-refractivity contribution is 9.10. The summed E-state index contributed by atoms with van der Waals surface area (Å²) in [6, 6.07) is 5.27. The zero-order valence-corrected chi connectivity index (χ0v) is 15.4. The van der Waals surface area contributed by atoms with E-state index < -0.39 is 0 Å². The Kier molecular flexibility index (Phi) is 5.27. The van der Waals surface area contributed by atoms with Crippen molar-refractivity contribution in [2.24, 2.45) is 5.92 Å². The van der Waals surface area contributed by atoms with Gasteiger partial charge >= 0.3 is 0 Å². The van der Waals surface area contributed by atoms with Crippen molar-refractivity contribution in [3.05, 3.63) is 22.2 Å². The van der Waals surface area contributed by atoms with Gasteiger partial charge in [0, 0.05) is 25.2 Å². The fraction of sp³-hybridized carbons (Fsp3) is 0.667. The number of hydrogen-bond donors (Lipinski definition) is 2. The molecular weight excluding hydrogens is 372 g/mol. The molecule has 5 nitrogen and oxygen atoms in total. The quantitative estimate of drug-likeness (QED) is 0.818. The van der Waals surface area contributed by atoms with Crippen molar-refractivity contribution in [3.8, 4) is 11.5 Å². The summed E-state index contributed by atoms with van der Waals surface area (Å²) in [7, 11) is 0. The van der Waals surface area contributed by atoms with Gasteiger partial charge in [0.25, 0.3) is 0 Å². The lowest BCUT2D eigenvalue weighted by atomic mass is 9.94. The van der Waals surface area contributed by atoms with Crippen molar-refractivity contribution in [1.29, 1.82) is 0 Å². The minimum atomic E-state index is 0.491. The van der Waals surface area contributed by atoms with Crippen molar-refractivity contribution in [3.63, 3.8) is 0 Å². The summed E-state index contributed by atoms with van der Waals surface area (Å²) in [4.78, 5) is 0. The first-order valence-electron chi connectivity index (χ1n) is 8.94. The van der Waals surface area contributed by atoms with Crippen LogP contribution < -0.4 is 20.1 Å². The van der Waals surface area contributed by atoms with E-state index in [9.17, 15) is 0 Å². The second-order valence-corrected chi connectivity index (χ2v) is 7.67. The van der Waals surface area contributed by atoms with E-state index in [0.717, 1.165) is 42.3 Å². The first-order chi connectivity index (χ1) is 11.8. The van der Waals surface area contributed by atoms with Crippen LogP contribution in [0.1, 0.15) is 24.8 Å². The lowest BCUT2D eigenvalue weighted by molar-refractivity contribution is 0.0524. The zero-order chi connectivity index (χ0) is 16.4. The van der Waals surface area contributed by atoms with Crippen LogP contribution in [0.2, 0.25) is 0 Å². The molecule has 3 unspecified atom stereocenters. The summed E-state index contributed by atoms with van der Waals surface area (Å²) >= 11 is 3.60. The number of morpholine rings is 1. The first kappa shape index (κ1) is 16.6. The molecule has 2 heterocycles. The van der Waals surface area contributed by atoms with Gasteiger partial charge in [-0.25, -0.2) is 0 Å². The second kappa shape index (κ2) is 7.60. The Labute approximate surface area is 151 Å². The van der Waals surface area contributed by atoms with Crippen molar-refractivity contribution in [2.45, 2.75) is 37.9 Å². The maximum atomic E-state index is 5.72. The van der Waals surface area contributed by atoms with Crippen LogP contribution in [0.4, 0.5) is 0 Å². The molecule has 6 heteroatoms. The van der Waals surface area contributed by atoms with Gasteiger partial charge < -0.3 is 24.8 Å². The number of hydrogen-bond acceptors (Lipinski definition) is 5. The maximum Gasteiger partial charge on any atom is 0.175 e.